The van der Waals surface area contributed by atoms with Crippen LogP contribution in [0.2, 0.25) is 0 Å². The third-order valence-corrected chi connectivity index (χ3v) is 4.54. The van der Waals surface area contributed by atoms with Gasteiger partial charge in [-0.2, -0.15) is 4.98 Å². The largest absolute Gasteiger partial charge is 0.462 e. The molecule has 8 nitrogen and oxygen atoms in total. The van der Waals surface area contributed by atoms with Crippen LogP contribution in [0.5, 0.6) is 0 Å². The zero-order valence-electron chi connectivity index (χ0n) is 16.4. The molecular weight excluding hydrogens is 358 g/mol. The van der Waals surface area contributed by atoms with Gasteiger partial charge in [0.05, 0.1) is 17.9 Å². The lowest BCUT2D eigenvalue weighted by Gasteiger charge is -2.34. The first-order valence-corrected chi connectivity index (χ1v) is 9.37. The van der Waals surface area contributed by atoms with E-state index in [0.29, 0.717) is 55.8 Å². The van der Waals surface area contributed by atoms with Gasteiger partial charge in [0.25, 0.3) is 0 Å². The number of rotatable bonds is 5. The van der Waals surface area contributed by atoms with Crippen molar-refractivity contribution in [2.45, 2.75) is 20.8 Å². The van der Waals surface area contributed by atoms with Gasteiger partial charge < -0.3 is 19.9 Å². The van der Waals surface area contributed by atoms with E-state index >= 15 is 0 Å². The van der Waals surface area contributed by atoms with Crippen LogP contribution >= 0.6 is 0 Å². The number of anilines is 3. The molecule has 148 valence electrons. The molecule has 1 fully saturated rings. The predicted octanol–water partition coefficient (Wildman–Crippen LogP) is 2.37. The molecule has 1 N–H and O–H groups in total. The van der Waals surface area contributed by atoms with E-state index in [2.05, 4.69) is 20.2 Å². The highest BCUT2D eigenvalue weighted by Crippen LogP contribution is 2.23. The molecule has 0 atom stereocenters. The van der Waals surface area contributed by atoms with E-state index in [1.807, 2.05) is 30.0 Å². The molecule has 3 rings (SSSR count). The molecule has 0 aliphatic carbocycles. The highest BCUT2D eigenvalue weighted by molar-refractivity contribution is 5.96. The number of carbonyl (C=O) groups excluding carboxylic acids is 2. The normalized spacial score (nSPS) is 14.0. The lowest BCUT2D eigenvalue weighted by atomic mass is 10.2. The third-order valence-electron chi connectivity index (χ3n) is 4.54. The van der Waals surface area contributed by atoms with Crippen molar-refractivity contribution in [3.63, 3.8) is 0 Å². The maximum absolute atomic E-state index is 12.2. The Balaban J connectivity index is 1.80. The summed E-state index contributed by atoms with van der Waals surface area (Å²) in [6.07, 6.45) is 0. The first-order valence-electron chi connectivity index (χ1n) is 9.37. The SMILES string of the molecule is CCOC(=O)c1ccccc1Nc1cc(C)nc(N2CCN(C(C)=O)CC2)n1. The number of para-hydroxylation sites is 1. The standard InChI is InChI=1S/C20H25N5O3/c1-4-28-19(27)16-7-5-6-8-17(16)22-18-13-14(2)21-20(23-18)25-11-9-24(10-12-25)15(3)26/h5-8,13H,4,9-12H2,1-3H3,(H,21,22,23). The molecule has 2 aromatic rings. The number of piperazine rings is 1. The zero-order valence-corrected chi connectivity index (χ0v) is 16.4. The van der Waals surface area contributed by atoms with Crippen LogP contribution in [0.3, 0.4) is 0 Å². The van der Waals surface area contributed by atoms with Crippen molar-refractivity contribution in [2.24, 2.45) is 0 Å². The molecule has 0 radical (unpaired) electrons. The highest BCUT2D eigenvalue weighted by atomic mass is 16.5. The number of esters is 1. The Bertz CT molecular complexity index is 863. The maximum Gasteiger partial charge on any atom is 0.340 e. The van der Waals surface area contributed by atoms with Gasteiger partial charge in [0.15, 0.2) is 0 Å². The van der Waals surface area contributed by atoms with Crippen molar-refractivity contribution in [1.82, 2.24) is 14.9 Å². The molecule has 28 heavy (non-hydrogen) atoms. The summed E-state index contributed by atoms with van der Waals surface area (Å²) in [5, 5.41) is 3.22. The van der Waals surface area contributed by atoms with Crippen LogP contribution in [0.4, 0.5) is 17.5 Å². The van der Waals surface area contributed by atoms with Gasteiger partial charge in [0.2, 0.25) is 11.9 Å². The van der Waals surface area contributed by atoms with Crippen molar-refractivity contribution in [2.75, 3.05) is 43.0 Å². The monoisotopic (exact) mass is 383 g/mol. The van der Waals surface area contributed by atoms with Crippen molar-refractivity contribution < 1.29 is 14.3 Å². The van der Waals surface area contributed by atoms with Crippen LogP contribution in [0.1, 0.15) is 29.9 Å². The second-order valence-electron chi connectivity index (χ2n) is 6.58. The summed E-state index contributed by atoms with van der Waals surface area (Å²) in [4.78, 5) is 36.7. The summed E-state index contributed by atoms with van der Waals surface area (Å²) in [6, 6.07) is 9.01. The molecule has 8 heteroatoms. The van der Waals surface area contributed by atoms with E-state index in [-0.39, 0.29) is 11.9 Å². The minimum absolute atomic E-state index is 0.0859. The Morgan fingerprint density at radius 1 is 1.14 bits per heavy atom. The Morgan fingerprint density at radius 2 is 1.86 bits per heavy atom. The number of hydrogen-bond acceptors (Lipinski definition) is 7. The molecule has 0 saturated carbocycles. The van der Waals surface area contributed by atoms with E-state index < -0.39 is 0 Å². The van der Waals surface area contributed by atoms with Gasteiger partial charge in [0, 0.05) is 44.9 Å². The Morgan fingerprint density at radius 3 is 2.54 bits per heavy atom. The number of amides is 1. The minimum Gasteiger partial charge on any atom is -0.462 e. The molecule has 0 unspecified atom stereocenters. The maximum atomic E-state index is 12.2. The number of benzene rings is 1. The number of ether oxygens (including phenoxy) is 1. The van der Waals surface area contributed by atoms with Crippen LogP contribution in [0.25, 0.3) is 0 Å². The number of nitrogens with zero attached hydrogens (tertiary/aromatic N) is 4. The Labute approximate surface area is 164 Å². The van der Waals surface area contributed by atoms with Gasteiger partial charge in [-0.05, 0) is 26.0 Å². The molecule has 1 aromatic carbocycles. The smallest absolute Gasteiger partial charge is 0.340 e. The molecule has 0 bridgehead atoms. The molecule has 1 aliphatic heterocycles. The summed E-state index contributed by atoms with van der Waals surface area (Å²) in [7, 11) is 0. The number of aryl methyl sites for hydroxylation is 1. The average Bonchev–Trinajstić information content (AvgIpc) is 2.68. The molecule has 2 heterocycles. The fourth-order valence-electron chi connectivity index (χ4n) is 3.10. The average molecular weight is 383 g/mol. The summed E-state index contributed by atoms with van der Waals surface area (Å²) < 4.78 is 5.13. The van der Waals surface area contributed by atoms with E-state index in [4.69, 9.17) is 4.74 Å². The minimum atomic E-state index is -0.378. The van der Waals surface area contributed by atoms with Crippen LogP contribution in [0, 0.1) is 6.92 Å². The Hall–Kier alpha value is -3.16. The zero-order chi connectivity index (χ0) is 20.1. The summed E-state index contributed by atoms with van der Waals surface area (Å²) >= 11 is 0. The van der Waals surface area contributed by atoms with Crippen molar-refractivity contribution in [3.05, 3.63) is 41.6 Å². The van der Waals surface area contributed by atoms with E-state index in [0.717, 1.165) is 5.69 Å². The highest BCUT2D eigenvalue weighted by Gasteiger charge is 2.21. The quantitative estimate of drug-likeness (QED) is 0.793. The second-order valence-corrected chi connectivity index (χ2v) is 6.58. The van der Waals surface area contributed by atoms with Crippen LogP contribution in [-0.2, 0) is 9.53 Å². The molecular formula is C20H25N5O3. The van der Waals surface area contributed by atoms with E-state index in [9.17, 15) is 9.59 Å². The van der Waals surface area contributed by atoms with Crippen molar-refractivity contribution in [1.29, 1.82) is 0 Å². The van der Waals surface area contributed by atoms with Crippen LogP contribution < -0.4 is 10.2 Å². The van der Waals surface area contributed by atoms with E-state index in [1.54, 1.807) is 26.0 Å². The topological polar surface area (TPSA) is 87.7 Å². The van der Waals surface area contributed by atoms with Gasteiger partial charge in [0.1, 0.15) is 5.82 Å². The van der Waals surface area contributed by atoms with Crippen LogP contribution in [0.15, 0.2) is 30.3 Å². The fourth-order valence-corrected chi connectivity index (χ4v) is 3.10. The predicted molar refractivity (Wildman–Crippen MR) is 107 cm³/mol. The number of aromatic nitrogens is 2. The molecule has 1 aromatic heterocycles. The number of hydrogen-bond donors (Lipinski definition) is 1. The fraction of sp³-hybridized carbons (Fsp3) is 0.400. The van der Waals surface area contributed by atoms with Gasteiger partial charge in [-0.15, -0.1) is 0 Å². The lowest BCUT2D eigenvalue weighted by Crippen LogP contribution is -2.48. The van der Waals surface area contributed by atoms with E-state index in [1.165, 1.54) is 0 Å². The first-order chi connectivity index (χ1) is 13.5. The molecule has 1 aliphatic rings. The van der Waals surface area contributed by atoms with Crippen LogP contribution in [-0.4, -0.2) is 59.5 Å². The number of carbonyl (C=O) groups is 2. The summed E-state index contributed by atoms with van der Waals surface area (Å²) in [6.45, 7) is 8.25. The molecule has 1 saturated heterocycles. The lowest BCUT2D eigenvalue weighted by molar-refractivity contribution is -0.129. The summed E-state index contributed by atoms with van der Waals surface area (Å²) in [5.41, 5.74) is 1.90. The van der Waals surface area contributed by atoms with Gasteiger partial charge in [-0.3, -0.25) is 4.79 Å². The van der Waals surface area contributed by atoms with Gasteiger partial charge in [-0.1, -0.05) is 12.1 Å². The third kappa shape index (κ3) is 4.57. The van der Waals surface area contributed by atoms with Crippen molar-refractivity contribution >= 4 is 29.3 Å². The Kier molecular flexibility index (Phi) is 6.08. The first kappa shape index (κ1) is 19.6. The summed E-state index contributed by atoms with van der Waals surface area (Å²) in [5.74, 6) is 0.923. The van der Waals surface area contributed by atoms with Crippen molar-refractivity contribution in [3.8, 4) is 0 Å². The second kappa shape index (κ2) is 8.69. The molecule has 1 amide bonds. The van der Waals surface area contributed by atoms with Gasteiger partial charge in [-0.25, -0.2) is 9.78 Å². The van der Waals surface area contributed by atoms with Gasteiger partial charge >= 0.3 is 5.97 Å². The number of nitrogens with one attached hydrogen (secondary N) is 1. The molecule has 0 spiro atoms.